The molecular weight excluding hydrogens is 202 g/mol. The highest BCUT2D eigenvalue weighted by Gasteiger charge is 2.34. The van der Waals surface area contributed by atoms with Crippen molar-refractivity contribution in [2.75, 3.05) is 31.8 Å². The predicted molar refractivity (Wildman–Crippen MR) is 56.7 cm³/mol. The number of rotatable bonds is 4. The van der Waals surface area contributed by atoms with Gasteiger partial charge in [-0.3, -0.25) is 0 Å². The molecule has 0 aromatic heterocycles. The fourth-order valence-electron chi connectivity index (χ4n) is 1.38. The van der Waals surface area contributed by atoms with Gasteiger partial charge in [0.2, 0.25) is 0 Å². The van der Waals surface area contributed by atoms with Crippen LogP contribution in [0.5, 0.6) is 0 Å². The highest BCUT2D eigenvalue weighted by atomic mass is 32.2. The molecule has 1 N–H and O–H groups in total. The van der Waals surface area contributed by atoms with Gasteiger partial charge in [-0.15, -0.1) is 0 Å². The Morgan fingerprint density at radius 3 is 2.93 bits per heavy atom. The summed E-state index contributed by atoms with van der Waals surface area (Å²) in [6.45, 7) is 2.73. The van der Waals surface area contributed by atoms with Crippen molar-refractivity contribution in [1.29, 1.82) is 0 Å². The zero-order valence-corrected chi connectivity index (χ0v) is 9.49. The SMILES string of the molecule is CCOC(=O)NC[C@]1(OC)CCSC1. The summed E-state index contributed by atoms with van der Waals surface area (Å²) in [5, 5.41) is 2.72. The summed E-state index contributed by atoms with van der Waals surface area (Å²) < 4.78 is 10.2. The molecule has 1 atom stereocenters. The number of methoxy groups -OCH3 is 1. The molecule has 4 nitrogen and oxygen atoms in total. The number of nitrogens with one attached hydrogen (secondary N) is 1. The van der Waals surface area contributed by atoms with Crippen LogP contribution in [0.3, 0.4) is 0 Å². The highest BCUT2D eigenvalue weighted by Crippen LogP contribution is 2.30. The van der Waals surface area contributed by atoms with E-state index >= 15 is 0 Å². The molecule has 1 saturated heterocycles. The Labute approximate surface area is 88.7 Å². The molecule has 1 aliphatic heterocycles. The fraction of sp³-hybridized carbons (Fsp3) is 0.889. The third-order valence-electron chi connectivity index (χ3n) is 2.33. The maximum atomic E-state index is 11.1. The molecule has 1 aliphatic rings. The molecular formula is C9H17NO3S. The van der Waals surface area contributed by atoms with Crippen molar-refractivity contribution in [3.8, 4) is 0 Å². The lowest BCUT2D eigenvalue weighted by Crippen LogP contribution is -2.44. The van der Waals surface area contributed by atoms with E-state index in [1.807, 2.05) is 11.8 Å². The predicted octanol–water partition coefficient (Wildman–Crippen LogP) is 1.25. The Morgan fingerprint density at radius 2 is 2.43 bits per heavy atom. The van der Waals surface area contributed by atoms with Gasteiger partial charge in [0.15, 0.2) is 0 Å². The second-order valence-corrected chi connectivity index (χ2v) is 4.37. The normalized spacial score (nSPS) is 26.1. The van der Waals surface area contributed by atoms with Crippen LogP contribution in [0, 0.1) is 0 Å². The quantitative estimate of drug-likeness (QED) is 0.773. The first-order valence-electron chi connectivity index (χ1n) is 4.76. The Kier molecular flexibility index (Phi) is 4.54. The average Bonchev–Trinajstić information content (AvgIpc) is 2.65. The van der Waals surface area contributed by atoms with Crippen molar-refractivity contribution in [3.63, 3.8) is 0 Å². The Morgan fingerprint density at radius 1 is 1.64 bits per heavy atom. The van der Waals surface area contributed by atoms with Crippen molar-refractivity contribution >= 4 is 17.9 Å². The Bertz CT molecular complexity index is 192. The smallest absolute Gasteiger partial charge is 0.407 e. The van der Waals surface area contributed by atoms with Gasteiger partial charge >= 0.3 is 6.09 Å². The number of thioether (sulfide) groups is 1. The molecule has 0 aliphatic carbocycles. The Balaban J connectivity index is 2.30. The van der Waals surface area contributed by atoms with Gasteiger partial charge in [0.05, 0.1) is 18.8 Å². The number of carbonyl (C=O) groups is 1. The molecule has 1 fully saturated rings. The molecule has 1 amide bonds. The second-order valence-electron chi connectivity index (χ2n) is 3.26. The first-order valence-corrected chi connectivity index (χ1v) is 5.91. The summed E-state index contributed by atoms with van der Waals surface area (Å²) in [5.41, 5.74) is -0.183. The molecule has 0 radical (unpaired) electrons. The summed E-state index contributed by atoms with van der Waals surface area (Å²) in [5.74, 6) is 2.04. The van der Waals surface area contributed by atoms with Gasteiger partial charge in [0, 0.05) is 12.9 Å². The van der Waals surface area contributed by atoms with E-state index in [1.165, 1.54) is 0 Å². The fourth-order valence-corrected chi connectivity index (χ4v) is 2.77. The van der Waals surface area contributed by atoms with Gasteiger partial charge in [-0.05, 0) is 19.1 Å². The lowest BCUT2D eigenvalue weighted by molar-refractivity contribution is 0.0131. The molecule has 1 rings (SSSR count). The summed E-state index contributed by atoms with van der Waals surface area (Å²) in [7, 11) is 1.69. The number of hydrogen-bond donors (Lipinski definition) is 1. The highest BCUT2D eigenvalue weighted by molar-refractivity contribution is 7.99. The molecule has 14 heavy (non-hydrogen) atoms. The van der Waals surface area contributed by atoms with Crippen molar-refractivity contribution in [3.05, 3.63) is 0 Å². The van der Waals surface area contributed by atoms with Gasteiger partial charge in [-0.2, -0.15) is 11.8 Å². The lowest BCUT2D eigenvalue weighted by Gasteiger charge is -2.26. The summed E-state index contributed by atoms with van der Waals surface area (Å²) in [6.07, 6.45) is 0.626. The van der Waals surface area contributed by atoms with Crippen LogP contribution in [-0.2, 0) is 9.47 Å². The van der Waals surface area contributed by atoms with Crippen molar-refractivity contribution in [1.82, 2.24) is 5.32 Å². The number of hydrogen-bond acceptors (Lipinski definition) is 4. The monoisotopic (exact) mass is 219 g/mol. The lowest BCUT2D eigenvalue weighted by atomic mass is 10.0. The average molecular weight is 219 g/mol. The van der Waals surface area contributed by atoms with Gasteiger partial charge in [-0.1, -0.05) is 0 Å². The van der Waals surface area contributed by atoms with Gasteiger partial charge in [-0.25, -0.2) is 4.79 Å². The van der Waals surface area contributed by atoms with Crippen molar-refractivity contribution < 1.29 is 14.3 Å². The minimum atomic E-state index is -0.360. The van der Waals surface area contributed by atoms with Crippen LogP contribution in [0.25, 0.3) is 0 Å². The van der Waals surface area contributed by atoms with Crippen LogP contribution in [0.4, 0.5) is 4.79 Å². The summed E-state index contributed by atoms with van der Waals surface area (Å²) >= 11 is 1.85. The van der Waals surface area contributed by atoms with Crippen LogP contribution in [0.1, 0.15) is 13.3 Å². The minimum absolute atomic E-state index is 0.183. The summed E-state index contributed by atoms with van der Waals surface area (Å²) in [6, 6.07) is 0. The maximum absolute atomic E-state index is 11.1. The van der Waals surface area contributed by atoms with E-state index in [1.54, 1.807) is 14.0 Å². The van der Waals surface area contributed by atoms with Crippen LogP contribution >= 0.6 is 11.8 Å². The molecule has 0 aromatic rings. The van der Waals surface area contributed by atoms with Crippen LogP contribution in [0.2, 0.25) is 0 Å². The maximum Gasteiger partial charge on any atom is 0.407 e. The van der Waals surface area contributed by atoms with E-state index < -0.39 is 0 Å². The van der Waals surface area contributed by atoms with E-state index in [0.29, 0.717) is 13.2 Å². The van der Waals surface area contributed by atoms with Crippen molar-refractivity contribution in [2.24, 2.45) is 0 Å². The standard InChI is InChI=1S/C9H17NO3S/c1-3-13-8(11)10-6-9(12-2)4-5-14-7-9/h3-7H2,1-2H3,(H,10,11)/t9-/m1/s1. The first kappa shape index (κ1) is 11.7. The molecule has 0 saturated carbocycles. The van der Waals surface area contributed by atoms with Crippen LogP contribution in [-0.4, -0.2) is 43.5 Å². The first-order chi connectivity index (χ1) is 6.72. The molecule has 0 spiro atoms. The molecule has 0 bridgehead atoms. The molecule has 0 unspecified atom stereocenters. The Hall–Kier alpha value is -0.420. The van der Waals surface area contributed by atoms with E-state index in [2.05, 4.69) is 5.32 Å². The largest absolute Gasteiger partial charge is 0.450 e. The topological polar surface area (TPSA) is 47.6 Å². The van der Waals surface area contributed by atoms with Crippen LogP contribution in [0.15, 0.2) is 0 Å². The second kappa shape index (κ2) is 5.46. The summed E-state index contributed by atoms with van der Waals surface area (Å²) in [4.78, 5) is 11.1. The van der Waals surface area contributed by atoms with Crippen LogP contribution < -0.4 is 5.32 Å². The molecule has 82 valence electrons. The van der Waals surface area contributed by atoms with Crippen molar-refractivity contribution in [2.45, 2.75) is 18.9 Å². The molecule has 1 heterocycles. The van der Waals surface area contributed by atoms with E-state index in [4.69, 9.17) is 9.47 Å². The zero-order valence-electron chi connectivity index (χ0n) is 8.67. The zero-order chi connectivity index (χ0) is 10.4. The number of carbonyl (C=O) groups excluding carboxylic acids is 1. The van der Waals surface area contributed by atoms with Gasteiger partial charge in [0.25, 0.3) is 0 Å². The van der Waals surface area contributed by atoms with E-state index in [0.717, 1.165) is 17.9 Å². The third kappa shape index (κ3) is 3.06. The van der Waals surface area contributed by atoms with Gasteiger partial charge < -0.3 is 14.8 Å². The number of amides is 1. The van der Waals surface area contributed by atoms with Gasteiger partial charge in [0.1, 0.15) is 0 Å². The van der Waals surface area contributed by atoms with E-state index in [9.17, 15) is 4.79 Å². The number of alkyl carbamates (subject to hydrolysis) is 1. The molecule has 0 aromatic carbocycles. The third-order valence-corrected chi connectivity index (χ3v) is 3.55. The number of ether oxygens (including phenoxy) is 2. The molecule has 5 heteroatoms. The minimum Gasteiger partial charge on any atom is -0.450 e. The van der Waals surface area contributed by atoms with E-state index in [-0.39, 0.29) is 11.7 Å².